The fourth-order valence-corrected chi connectivity index (χ4v) is 2.44. The molecule has 1 aromatic heterocycles. The van der Waals surface area contributed by atoms with Gasteiger partial charge in [-0.15, -0.1) is 0 Å². The number of anilines is 1. The van der Waals surface area contributed by atoms with Gasteiger partial charge in [-0.1, -0.05) is 12.1 Å². The third kappa shape index (κ3) is 3.63. The molecule has 0 spiro atoms. The maximum absolute atomic E-state index is 12.2. The van der Waals surface area contributed by atoms with Crippen molar-refractivity contribution in [2.75, 3.05) is 12.4 Å². The van der Waals surface area contributed by atoms with E-state index in [1.54, 1.807) is 32.2 Å². The molecule has 2 amide bonds. The van der Waals surface area contributed by atoms with Crippen molar-refractivity contribution in [3.8, 4) is 0 Å². The Kier molecular flexibility index (Phi) is 4.42. The van der Waals surface area contributed by atoms with E-state index >= 15 is 0 Å². The van der Waals surface area contributed by atoms with E-state index in [4.69, 9.17) is 5.73 Å². The van der Waals surface area contributed by atoms with Crippen molar-refractivity contribution in [2.45, 2.75) is 19.4 Å². The van der Waals surface area contributed by atoms with Crippen molar-refractivity contribution < 1.29 is 9.59 Å². The van der Waals surface area contributed by atoms with Crippen LogP contribution in [0.3, 0.4) is 0 Å². The van der Waals surface area contributed by atoms with E-state index in [9.17, 15) is 9.59 Å². The Balaban J connectivity index is 1.79. The Morgan fingerprint density at radius 3 is 2.80 bits per heavy atom. The van der Waals surface area contributed by atoms with Gasteiger partial charge in [-0.05, 0) is 24.6 Å². The molecular weight excluding hydrogens is 320 g/mol. The number of aromatic nitrogens is 2. The number of aryl methyl sites for hydroxylation is 1. The number of carbonyl (C=O) groups excluding carboxylic acids is 2. The van der Waals surface area contributed by atoms with Crippen LogP contribution in [0.25, 0.3) is 0 Å². The van der Waals surface area contributed by atoms with Gasteiger partial charge in [0.1, 0.15) is 5.69 Å². The standard InChI is InChI=1S/C17H18N6O2/c1-10-8-20-14(9-19-10)16(25)21-12-5-3-4-11(6-12)13-7-15(24)23(2)17(18)22-13/h3-6,8-9,13H,7H2,1-2H3,(H2,18,22)(H,21,25). The van der Waals surface area contributed by atoms with E-state index < -0.39 is 0 Å². The smallest absolute Gasteiger partial charge is 0.275 e. The number of hydrogen-bond donors (Lipinski definition) is 2. The summed E-state index contributed by atoms with van der Waals surface area (Å²) in [6, 6.07) is 6.81. The van der Waals surface area contributed by atoms with Crippen LogP contribution in [0.2, 0.25) is 0 Å². The molecule has 3 N–H and O–H groups in total. The van der Waals surface area contributed by atoms with Gasteiger partial charge in [0.2, 0.25) is 5.91 Å². The molecule has 0 saturated carbocycles. The summed E-state index contributed by atoms with van der Waals surface area (Å²) in [4.78, 5) is 38.0. The Hall–Kier alpha value is -3.29. The fraction of sp³-hybridized carbons (Fsp3) is 0.235. The van der Waals surface area contributed by atoms with Gasteiger partial charge in [0.15, 0.2) is 5.96 Å². The van der Waals surface area contributed by atoms with E-state index in [0.717, 1.165) is 11.3 Å². The summed E-state index contributed by atoms with van der Waals surface area (Å²) in [7, 11) is 1.59. The zero-order chi connectivity index (χ0) is 18.0. The van der Waals surface area contributed by atoms with Crippen molar-refractivity contribution in [2.24, 2.45) is 10.7 Å². The highest BCUT2D eigenvalue weighted by atomic mass is 16.2. The molecule has 1 aliphatic heterocycles. The van der Waals surface area contributed by atoms with Crippen LogP contribution in [0.15, 0.2) is 41.7 Å². The number of hydrogen-bond acceptors (Lipinski definition) is 6. The average molecular weight is 338 g/mol. The lowest BCUT2D eigenvalue weighted by Crippen LogP contribution is -2.42. The Morgan fingerprint density at radius 1 is 1.32 bits per heavy atom. The quantitative estimate of drug-likeness (QED) is 0.874. The summed E-state index contributed by atoms with van der Waals surface area (Å²) in [6.45, 7) is 1.80. The minimum absolute atomic E-state index is 0.0955. The molecule has 1 aliphatic rings. The summed E-state index contributed by atoms with van der Waals surface area (Å²) >= 11 is 0. The van der Waals surface area contributed by atoms with E-state index in [0.29, 0.717) is 5.69 Å². The van der Waals surface area contributed by atoms with Gasteiger partial charge in [-0.2, -0.15) is 0 Å². The highest BCUT2D eigenvalue weighted by Gasteiger charge is 2.25. The molecule has 128 valence electrons. The Labute approximate surface area is 144 Å². The van der Waals surface area contributed by atoms with Gasteiger partial charge in [-0.3, -0.25) is 19.5 Å². The van der Waals surface area contributed by atoms with Crippen LogP contribution in [-0.4, -0.2) is 39.7 Å². The predicted octanol–water partition coefficient (Wildman–Crippen LogP) is 1.26. The molecule has 0 aliphatic carbocycles. The van der Waals surface area contributed by atoms with Gasteiger partial charge in [0.25, 0.3) is 5.91 Å². The number of nitrogens with two attached hydrogens (primary N) is 1. The molecular formula is C17H18N6O2. The predicted molar refractivity (Wildman–Crippen MR) is 92.9 cm³/mol. The molecule has 3 rings (SSSR count). The first-order valence-corrected chi connectivity index (χ1v) is 7.74. The first kappa shape index (κ1) is 16.6. The monoisotopic (exact) mass is 338 g/mol. The molecule has 0 radical (unpaired) electrons. The minimum atomic E-state index is -0.361. The first-order chi connectivity index (χ1) is 11.9. The molecule has 0 bridgehead atoms. The van der Waals surface area contributed by atoms with Gasteiger partial charge >= 0.3 is 0 Å². The number of benzene rings is 1. The zero-order valence-corrected chi connectivity index (χ0v) is 13.9. The number of guanidine groups is 1. The zero-order valence-electron chi connectivity index (χ0n) is 13.9. The second-order valence-electron chi connectivity index (χ2n) is 5.78. The maximum Gasteiger partial charge on any atom is 0.275 e. The Morgan fingerprint density at radius 2 is 2.12 bits per heavy atom. The van der Waals surface area contributed by atoms with Crippen LogP contribution in [0.5, 0.6) is 0 Å². The summed E-state index contributed by atoms with van der Waals surface area (Å²) in [5, 5.41) is 2.77. The van der Waals surface area contributed by atoms with Crippen molar-refractivity contribution in [3.63, 3.8) is 0 Å². The summed E-state index contributed by atoms with van der Waals surface area (Å²) in [5.74, 6) is -0.264. The van der Waals surface area contributed by atoms with E-state index in [-0.39, 0.29) is 35.9 Å². The lowest BCUT2D eigenvalue weighted by molar-refractivity contribution is -0.127. The Bertz CT molecular complexity index is 846. The lowest BCUT2D eigenvalue weighted by atomic mass is 10.0. The normalized spacial score (nSPS) is 17.2. The molecule has 8 heteroatoms. The van der Waals surface area contributed by atoms with Crippen LogP contribution >= 0.6 is 0 Å². The van der Waals surface area contributed by atoms with Crippen LogP contribution in [0.4, 0.5) is 5.69 Å². The summed E-state index contributed by atoms with van der Waals surface area (Å²) in [5.41, 5.74) is 8.13. The molecule has 1 aromatic carbocycles. The number of amides is 2. The van der Waals surface area contributed by atoms with Crippen LogP contribution < -0.4 is 11.1 Å². The van der Waals surface area contributed by atoms with Gasteiger partial charge in [0.05, 0.1) is 24.4 Å². The minimum Gasteiger partial charge on any atom is -0.369 e. The second-order valence-corrected chi connectivity index (χ2v) is 5.78. The second kappa shape index (κ2) is 6.68. The summed E-state index contributed by atoms with van der Waals surface area (Å²) < 4.78 is 0. The molecule has 25 heavy (non-hydrogen) atoms. The lowest BCUT2D eigenvalue weighted by Gasteiger charge is -2.25. The molecule has 8 nitrogen and oxygen atoms in total. The van der Waals surface area contributed by atoms with Crippen LogP contribution in [-0.2, 0) is 4.79 Å². The number of aliphatic imine (C=N–C) groups is 1. The molecule has 2 aromatic rings. The van der Waals surface area contributed by atoms with Crippen LogP contribution in [0.1, 0.15) is 34.2 Å². The van der Waals surface area contributed by atoms with Crippen molar-refractivity contribution in [1.82, 2.24) is 14.9 Å². The third-order valence-corrected chi connectivity index (χ3v) is 3.92. The third-order valence-electron chi connectivity index (χ3n) is 3.92. The van der Waals surface area contributed by atoms with Gasteiger partial charge in [0, 0.05) is 18.9 Å². The number of nitrogens with zero attached hydrogens (tertiary/aromatic N) is 4. The highest BCUT2D eigenvalue weighted by Crippen LogP contribution is 2.27. The molecule has 1 unspecified atom stereocenters. The number of rotatable bonds is 3. The SMILES string of the molecule is Cc1cnc(C(=O)Nc2cccc(C3CC(=O)N(C)C(N)=N3)c2)cn1. The number of carbonyl (C=O) groups is 2. The topological polar surface area (TPSA) is 114 Å². The average Bonchev–Trinajstić information content (AvgIpc) is 2.60. The van der Waals surface area contributed by atoms with Crippen LogP contribution in [0, 0.1) is 6.92 Å². The molecule has 2 heterocycles. The molecule has 1 atom stereocenters. The summed E-state index contributed by atoms with van der Waals surface area (Å²) in [6.07, 6.45) is 3.19. The molecule has 0 saturated heterocycles. The van der Waals surface area contributed by atoms with Gasteiger partial charge < -0.3 is 11.1 Å². The number of nitrogens with one attached hydrogen (secondary N) is 1. The largest absolute Gasteiger partial charge is 0.369 e. The van der Waals surface area contributed by atoms with Gasteiger partial charge in [-0.25, -0.2) is 9.98 Å². The highest BCUT2D eigenvalue weighted by molar-refractivity contribution is 6.02. The van der Waals surface area contributed by atoms with Crippen molar-refractivity contribution in [3.05, 3.63) is 53.6 Å². The van der Waals surface area contributed by atoms with E-state index in [2.05, 4.69) is 20.3 Å². The molecule has 0 fully saturated rings. The fourth-order valence-electron chi connectivity index (χ4n) is 2.44. The first-order valence-electron chi connectivity index (χ1n) is 7.74. The maximum atomic E-state index is 12.2. The van der Waals surface area contributed by atoms with Crippen molar-refractivity contribution in [1.29, 1.82) is 0 Å². The van der Waals surface area contributed by atoms with Crippen molar-refractivity contribution >= 4 is 23.5 Å². The van der Waals surface area contributed by atoms with E-state index in [1.807, 2.05) is 6.07 Å². The van der Waals surface area contributed by atoms with E-state index in [1.165, 1.54) is 17.3 Å².